The minimum absolute atomic E-state index is 0.130. The third kappa shape index (κ3) is 4.91. The highest BCUT2D eigenvalue weighted by molar-refractivity contribution is 9.10. The van der Waals surface area contributed by atoms with Crippen molar-refractivity contribution in [3.05, 3.63) is 34.1 Å². The quantitative estimate of drug-likeness (QED) is 0.524. The van der Waals surface area contributed by atoms with Gasteiger partial charge in [0.2, 0.25) is 0 Å². The van der Waals surface area contributed by atoms with Crippen molar-refractivity contribution in [1.82, 2.24) is 5.48 Å². The van der Waals surface area contributed by atoms with Gasteiger partial charge >= 0.3 is 6.18 Å². The Morgan fingerprint density at radius 1 is 1.31 bits per heavy atom. The van der Waals surface area contributed by atoms with Crippen molar-refractivity contribution >= 4 is 15.9 Å². The van der Waals surface area contributed by atoms with E-state index in [1.807, 2.05) is 5.48 Å². The summed E-state index contributed by atoms with van der Waals surface area (Å²) in [5, 5.41) is 0. The first-order valence-corrected chi connectivity index (χ1v) is 5.03. The van der Waals surface area contributed by atoms with Gasteiger partial charge in [-0.15, -0.1) is 0 Å². The third-order valence-electron chi connectivity index (χ3n) is 1.62. The molecule has 0 unspecified atom stereocenters. The molecule has 0 radical (unpaired) electrons. The summed E-state index contributed by atoms with van der Waals surface area (Å²) < 4.78 is 48.7. The first-order chi connectivity index (χ1) is 7.38. The van der Waals surface area contributed by atoms with Gasteiger partial charge in [-0.05, 0) is 12.1 Å². The summed E-state index contributed by atoms with van der Waals surface area (Å²) in [5.41, 5.74) is 2.27. The van der Waals surface area contributed by atoms with Crippen molar-refractivity contribution in [2.45, 2.75) is 12.7 Å². The zero-order valence-corrected chi connectivity index (χ0v) is 9.53. The Balaban J connectivity index is 2.38. The summed E-state index contributed by atoms with van der Waals surface area (Å²) in [5.74, 6) is -0.516. The number of rotatable bonds is 4. The van der Waals surface area contributed by atoms with Crippen LogP contribution in [0.1, 0.15) is 5.56 Å². The molecule has 0 atom stereocenters. The lowest BCUT2D eigenvalue weighted by atomic mass is 10.2. The summed E-state index contributed by atoms with van der Waals surface area (Å²) in [6.07, 6.45) is -4.40. The van der Waals surface area contributed by atoms with E-state index in [0.29, 0.717) is 4.47 Å². The van der Waals surface area contributed by atoms with Gasteiger partial charge < -0.3 is 0 Å². The maximum absolute atomic E-state index is 13.2. The monoisotopic (exact) mass is 301 g/mol. The Kier molecular flexibility index (Phi) is 4.69. The van der Waals surface area contributed by atoms with Crippen LogP contribution in [0.3, 0.4) is 0 Å². The molecule has 0 aliphatic carbocycles. The summed E-state index contributed by atoms with van der Waals surface area (Å²) in [6, 6.07) is 4.26. The lowest BCUT2D eigenvalue weighted by Crippen LogP contribution is -2.24. The van der Waals surface area contributed by atoms with Crippen LogP contribution in [0, 0.1) is 5.82 Å². The average molecular weight is 302 g/mol. The first kappa shape index (κ1) is 13.4. The Morgan fingerprint density at radius 2 is 2.00 bits per heavy atom. The second-order valence-electron chi connectivity index (χ2n) is 2.96. The number of benzene rings is 1. The Morgan fingerprint density at radius 3 is 2.56 bits per heavy atom. The van der Waals surface area contributed by atoms with E-state index >= 15 is 0 Å². The second-order valence-corrected chi connectivity index (χ2v) is 3.88. The smallest absolute Gasteiger partial charge is 0.292 e. The summed E-state index contributed by atoms with van der Waals surface area (Å²) >= 11 is 3.06. The molecule has 1 rings (SSSR count). The fourth-order valence-corrected chi connectivity index (χ4v) is 1.26. The van der Waals surface area contributed by atoms with Crippen molar-refractivity contribution in [3.63, 3.8) is 0 Å². The summed E-state index contributed by atoms with van der Waals surface area (Å²) in [4.78, 5) is 4.13. The van der Waals surface area contributed by atoms with E-state index in [-0.39, 0.29) is 12.1 Å². The Hall–Kier alpha value is -0.660. The molecular formula is C9H8BrF4NO. The molecule has 0 heterocycles. The van der Waals surface area contributed by atoms with E-state index in [1.54, 1.807) is 6.07 Å². The normalized spacial score (nSPS) is 11.8. The van der Waals surface area contributed by atoms with Gasteiger partial charge in [-0.25, -0.2) is 4.39 Å². The molecule has 0 bridgehead atoms. The van der Waals surface area contributed by atoms with Gasteiger partial charge in [0.15, 0.2) is 6.61 Å². The van der Waals surface area contributed by atoms with Crippen molar-refractivity contribution in [3.8, 4) is 0 Å². The molecule has 16 heavy (non-hydrogen) atoms. The Bertz CT molecular complexity index is 356. The highest BCUT2D eigenvalue weighted by Crippen LogP contribution is 2.16. The lowest BCUT2D eigenvalue weighted by Gasteiger charge is -2.09. The van der Waals surface area contributed by atoms with Crippen LogP contribution in [0.15, 0.2) is 22.7 Å². The number of nitrogens with one attached hydrogen (secondary N) is 1. The van der Waals surface area contributed by atoms with Gasteiger partial charge in [-0.3, -0.25) is 4.84 Å². The van der Waals surface area contributed by atoms with Crippen LogP contribution in [0.25, 0.3) is 0 Å². The van der Waals surface area contributed by atoms with Crippen molar-refractivity contribution in [2.75, 3.05) is 6.61 Å². The van der Waals surface area contributed by atoms with Gasteiger partial charge in [0.05, 0.1) is 0 Å². The minimum atomic E-state index is -4.40. The van der Waals surface area contributed by atoms with Crippen LogP contribution < -0.4 is 5.48 Å². The largest absolute Gasteiger partial charge is 0.413 e. The fraction of sp³-hybridized carbons (Fsp3) is 0.333. The minimum Gasteiger partial charge on any atom is -0.292 e. The third-order valence-corrected chi connectivity index (χ3v) is 2.11. The molecule has 0 saturated carbocycles. The highest BCUT2D eigenvalue weighted by atomic mass is 79.9. The number of hydrogen-bond acceptors (Lipinski definition) is 2. The standard InChI is InChI=1S/C9H8BrF4NO/c10-7-2-1-6(8(11)3-7)4-15-16-5-9(12,13)14/h1-3,15H,4-5H2. The maximum Gasteiger partial charge on any atom is 0.413 e. The van der Waals surface area contributed by atoms with Gasteiger partial charge in [-0.1, -0.05) is 22.0 Å². The second kappa shape index (κ2) is 5.60. The summed E-state index contributed by atoms with van der Waals surface area (Å²) in [7, 11) is 0. The van der Waals surface area contributed by atoms with Crippen LogP contribution in [0.2, 0.25) is 0 Å². The molecule has 7 heteroatoms. The Labute approximate surface area is 97.7 Å². The molecule has 1 aromatic carbocycles. The number of hydroxylamine groups is 1. The molecular weight excluding hydrogens is 294 g/mol. The predicted octanol–water partition coefficient (Wildman–Crippen LogP) is 3.17. The molecule has 0 aliphatic heterocycles. The van der Waals surface area contributed by atoms with Crippen LogP contribution in [-0.2, 0) is 11.4 Å². The maximum atomic E-state index is 13.2. The average Bonchev–Trinajstić information content (AvgIpc) is 2.13. The van der Waals surface area contributed by atoms with E-state index in [9.17, 15) is 17.6 Å². The predicted molar refractivity (Wildman–Crippen MR) is 52.9 cm³/mol. The molecule has 0 spiro atoms. The van der Waals surface area contributed by atoms with Gasteiger partial charge in [0, 0.05) is 16.6 Å². The summed E-state index contributed by atoms with van der Waals surface area (Å²) in [6.45, 7) is -1.54. The highest BCUT2D eigenvalue weighted by Gasteiger charge is 2.27. The lowest BCUT2D eigenvalue weighted by molar-refractivity contribution is -0.190. The molecule has 90 valence electrons. The zero-order chi connectivity index (χ0) is 12.2. The number of alkyl halides is 3. The van der Waals surface area contributed by atoms with Gasteiger partial charge in [0.1, 0.15) is 5.82 Å². The van der Waals surface area contributed by atoms with E-state index in [0.717, 1.165) is 0 Å². The molecule has 0 aliphatic rings. The topological polar surface area (TPSA) is 21.3 Å². The van der Waals surface area contributed by atoms with E-state index in [4.69, 9.17) is 0 Å². The zero-order valence-electron chi connectivity index (χ0n) is 7.94. The number of hydrogen-bond donors (Lipinski definition) is 1. The molecule has 0 saturated heterocycles. The van der Waals surface area contributed by atoms with E-state index in [1.165, 1.54) is 12.1 Å². The van der Waals surface area contributed by atoms with Crippen molar-refractivity contribution in [1.29, 1.82) is 0 Å². The first-order valence-electron chi connectivity index (χ1n) is 4.24. The van der Waals surface area contributed by atoms with Gasteiger partial charge in [-0.2, -0.15) is 18.7 Å². The van der Waals surface area contributed by atoms with Crippen LogP contribution in [-0.4, -0.2) is 12.8 Å². The molecule has 0 fully saturated rings. The molecule has 2 nitrogen and oxygen atoms in total. The van der Waals surface area contributed by atoms with Crippen LogP contribution in [0.5, 0.6) is 0 Å². The van der Waals surface area contributed by atoms with Crippen LogP contribution in [0.4, 0.5) is 17.6 Å². The van der Waals surface area contributed by atoms with Crippen molar-refractivity contribution in [2.24, 2.45) is 0 Å². The SMILES string of the molecule is Fc1cc(Br)ccc1CNOCC(F)(F)F. The molecule has 0 aromatic heterocycles. The molecule has 1 aromatic rings. The van der Waals surface area contributed by atoms with Crippen LogP contribution >= 0.6 is 15.9 Å². The van der Waals surface area contributed by atoms with E-state index < -0.39 is 18.6 Å². The molecule has 1 N–H and O–H groups in total. The fourth-order valence-electron chi connectivity index (χ4n) is 0.927. The number of halogens is 5. The molecule has 0 amide bonds. The van der Waals surface area contributed by atoms with Crippen molar-refractivity contribution < 1.29 is 22.4 Å². The van der Waals surface area contributed by atoms with Gasteiger partial charge in [0.25, 0.3) is 0 Å². The van der Waals surface area contributed by atoms with E-state index in [2.05, 4.69) is 20.8 Å².